The summed E-state index contributed by atoms with van der Waals surface area (Å²) in [5, 5.41) is 22.7. The third kappa shape index (κ3) is 6.23. The molecule has 0 heterocycles. The summed E-state index contributed by atoms with van der Waals surface area (Å²) in [4.78, 5) is 10.6. The molecular formula is C15H21N3O3. The van der Waals surface area contributed by atoms with Crippen LogP contribution in [-0.4, -0.2) is 17.6 Å². The van der Waals surface area contributed by atoms with Crippen molar-refractivity contribution in [3.63, 3.8) is 0 Å². The van der Waals surface area contributed by atoms with Crippen LogP contribution in [0.25, 0.3) is 0 Å². The Balaban J connectivity index is 2.69. The summed E-state index contributed by atoms with van der Waals surface area (Å²) in [6, 6.07) is 7.32. The van der Waals surface area contributed by atoms with E-state index in [0.717, 1.165) is 12.0 Å². The van der Waals surface area contributed by atoms with Gasteiger partial charge in [0.15, 0.2) is 5.75 Å². The Labute approximate surface area is 124 Å². The Hall–Kier alpha value is -2.13. The van der Waals surface area contributed by atoms with Crippen molar-refractivity contribution >= 4 is 5.69 Å². The second kappa shape index (κ2) is 8.93. The summed E-state index contributed by atoms with van der Waals surface area (Å²) in [6.45, 7) is 5.10. The van der Waals surface area contributed by atoms with Gasteiger partial charge in [0.25, 0.3) is 0 Å². The average molecular weight is 291 g/mol. The van der Waals surface area contributed by atoms with E-state index in [-0.39, 0.29) is 5.69 Å². The third-order valence-corrected chi connectivity index (χ3v) is 2.88. The van der Waals surface area contributed by atoms with E-state index in [0.29, 0.717) is 37.8 Å². The molecule has 1 rings (SSSR count). The second-order valence-electron chi connectivity index (χ2n) is 5.06. The molecule has 0 saturated carbocycles. The molecule has 0 bridgehead atoms. The minimum absolute atomic E-state index is 0.0245. The maximum atomic E-state index is 11.0. The van der Waals surface area contributed by atoms with E-state index in [2.05, 4.69) is 11.4 Å². The van der Waals surface area contributed by atoms with E-state index in [1.165, 1.54) is 6.07 Å². The fourth-order valence-electron chi connectivity index (χ4n) is 1.75. The van der Waals surface area contributed by atoms with Gasteiger partial charge in [-0.1, -0.05) is 19.9 Å². The van der Waals surface area contributed by atoms with E-state index < -0.39 is 4.92 Å². The van der Waals surface area contributed by atoms with Crippen molar-refractivity contribution in [2.75, 3.05) is 6.61 Å². The fraction of sp³-hybridized carbons (Fsp3) is 0.533. The van der Waals surface area contributed by atoms with Crippen LogP contribution in [-0.2, 0) is 6.54 Å². The Kier molecular flexibility index (Phi) is 7.19. The maximum Gasteiger partial charge on any atom is 0.310 e. The zero-order chi connectivity index (χ0) is 15.7. The first kappa shape index (κ1) is 16.9. The number of nitriles is 1. The van der Waals surface area contributed by atoms with Gasteiger partial charge in [0.2, 0.25) is 0 Å². The lowest BCUT2D eigenvalue weighted by molar-refractivity contribution is -0.385. The zero-order valence-electron chi connectivity index (χ0n) is 12.5. The topological polar surface area (TPSA) is 88.2 Å². The van der Waals surface area contributed by atoms with Crippen molar-refractivity contribution in [3.05, 3.63) is 33.9 Å². The Bertz CT molecular complexity index is 509. The predicted octanol–water partition coefficient (Wildman–Crippen LogP) is 3.17. The van der Waals surface area contributed by atoms with Gasteiger partial charge in [-0.15, -0.1) is 0 Å². The van der Waals surface area contributed by atoms with E-state index in [1.54, 1.807) is 12.1 Å². The van der Waals surface area contributed by atoms with E-state index >= 15 is 0 Å². The summed E-state index contributed by atoms with van der Waals surface area (Å²) in [5.41, 5.74) is 0.921. The molecule has 0 spiro atoms. The van der Waals surface area contributed by atoms with Gasteiger partial charge in [-0.3, -0.25) is 10.1 Å². The first-order valence-corrected chi connectivity index (χ1v) is 7.05. The number of hydrogen-bond acceptors (Lipinski definition) is 5. The lowest BCUT2D eigenvalue weighted by Gasteiger charge is -2.11. The van der Waals surface area contributed by atoms with Crippen LogP contribution in [0.4, 0.5) is 5.69 Å². The number of rotatable bonds is 9. The lowest BCUT2D eigenvalue weighted by Crippen LogP contribution is -2.21. The molecule has 21 heavy (non-hydrogen) atoms. The van der Waals surface area contributed by atoms with Gasteiger partial charge >= 0.3 is 5.69 Å². The normalized spacial score (nSPS) is 10.4. The molecule has 0 aromatic heterocycles. The number of nitro benzene ring substituents is 1. The molecule has 114 valence electrons. The second-order valence-corrected chi connectivity index (χ2v) is 5.06. The minimum Gasteiger partial charge on any atom is -0.487 e. The molecular weight excluding hydrogens is 270 g/mol. The standard InChI is InChI=1S/C15H21N3O3/c1-12(2)17-11-13-6-7-14(18(19)20)15(10-13)21-9-5-3-4-8-16/h6-7,10,12,17H,3-5,9,11H2,1-2H3. The van der Waals surface area contributed by atoms with Crippen LogP contribution in [0.2, 0.25) is 0 Å². The molecule has 0 aliphatic heterocycles. The fourth-order valence-corrected chi connectivity index (χ4v) is 1.75. The highest BCUT2D eigenvalue weighted by Gasteiger charge is 2.15. The van der Waals surface area contributed by atoms with Crippen molar-refractivity contribution in [1.82, 2.24) is 5.32 Å². The summed E-state index contributed by atoms with van der Waals surface area (Å²) >= 11 is 0. The van der Waals surface area contributed by atoms with Crippen molar-refractivity contribution < 1.29 is 9.66 Å². The van der Waals surface area contributed by atoms with Gasteiger partial charge in [0, 0.05) is 25.1 Å². The summed E-state index contributed by atoms with van der Waals surface area (Å²) in [6.07, 6.45) is 1.92. The molecule has 6 nitrogen and oxygen atoms in total. The number of nitrogens with zero attached hydrogens (tertiary/aromatic N) is 2. The molecule has 0 aliphatic carbocycles. The van der Waals surface area contributed by atoms with E-state index in [4.69, 9.17) is 10.00 Å². The molecule has 0 unspecified atom stereocenters. The van der Waals surface area contributed by atoms with Crippen LogP contribution in [0, 0.1) is 21.4 Å². The van der Waals surface area contributed by atoms with Gasteiger partial charge in [0.05, 0.1) is 17.6 Å². The van der Waals surface area contributed by atoms with Gasteiger partial charge in [-0.25, -0.2) is 0 Å². The summed E-state index contributed by atoms with van der Waals surface area (Å²) in [7, 11) is 0. The number of nitrogens with one attached hydrogen (secondary N) is 1. The molecule has 0 radical (unpaired) electrons. The molecule has 1 N–H and O–H groups in total. The molecule has 1 aromatic rings. The predicted molar refractivity (Wildman–Crippen MR) is 80.0 cm³/mol. The highest BCUT2D eigenvalue weighted by atomic mass is 16.6. The first-order chi connectivity index (χ1) is 10.0. The highest BCUT2D eigenvalue weighted by Crippen LogP contribution is 2.28. The monoisotopic (exact) mass is 291 g/mol. The highest BCUT2D eigenvalue weighted by molar-refractivity contribution is 5.48. The summed E-state index contributed by atoms with van der Waals surface area (Å²) in [5.74, 6) is 0.292. The van der Waals surface area contributed by atoms with Gasteiger partial charge in [-0.05, 0) is 24.5 Å². The third-order valence-electron chi connectivity index (χ3n) is 2.88. The van der Waals surface area contributed by atoms with Gasteiger partial charge in [0.1, 0.15) is 0 Å². The van der Waals surface area contributed by atoms with Crippen molar-refractivity contribution in [2.45, 2.75) is 45.7 Å². The summed E-state index contributed by atoms with van der Waals surface area (Å²) < 4.78 is 5.51. The first-order valence-electron chi connectivity index (χ1n) is 7.05. The molecule has 1 aromatic carbocycles. The minimum atomic E-state index is -0.440. The van der Waals surface area contributed by atoms with Crippen molar-refractivity contribution in [2.24, 2.45) is 0 Å². The number of hydrogen-bond donors (Lipinski definition) is 1. The van der Waals surface area contributed by atoms with Crippen LogP contribution >= 0.6 is 0 Å². The van der Waals surface area contributed by atoms with Crippen LogP contribution in [0.1, 0.15) is 38.7 Å². The lowest BCUT2D eigenvalue weighted by atomic mass is 10.1. The van der Waals surface area contributed by atoms with Gasteiger partial charge < -0.3 is 10.1 Å². The number of unbranched alkanes of at least 4 members (excludes halogenated alkanes) is 2. The Morgan fingerprint density at radius 2 is 2.19 bits per heavy atom. The average Bonchev–Trinajstić information content (AvgIpc) is 2.44. The van der Waals surface area contributed by atoms with E-state index in [1.807, 2.05) is 13.8 Å². The van der Waals surface area contributed by atoms with Crippen LogP contribution in [0.5, 0.6) is 5.75 Å². The molecule has 0 atom stereocenters. The molecule has 0 amide bonds. The van der Waals surface area contributed by atoms with E-state index in [9.17, 15) is 10.1 Å². The Morgan fingerprint density at radius 1 is 1.43 bits per heavy atom. The molecule has 6 heteroatoms. The number of ether oxygens (including phenoxy) is 1. The smallest absolute Gasteiger partial charge is 0.310 e. The maximum absolute atomic E-state index is 11.0. The zero-order valence-corrected chi connectivity index (χ0v) is 12.5. The SMILES string of the molecule is CC(C)NCc1ccc([N+](=O)[O-])c(OCCCCC#N)c1. The number of benzene rings is 1. The Morgan fingerprint density at radius 3 is 2.81 bits per heavy atom. The van der Waals surface area contributed by atoms with Crippen LogP contribution < -0.4 is 10.1 Å². The molecule has 0 saturated heterocycles. The van der Waals surface area contributed by atoms with Crippen molar-refractivity contribution in [3.8, 4) is 11.8 Å². The van der Waals surface area contributed by atoms with Crippen LogP contribution in [0.3, 0.4) is 0 Å². The van der Waals surface area contributed by atoms with Crippen LogP contribution in [0.15, 0.2) is 18.2 Å². The number of nitro groups is 1. The quantitative estimate of drug-likeness (QED) is 0.429. The largest absolute Gasteiger partial charge is 0.487 e. The van der Waals surface area contributed by atoms with Gasteiger partial charge in [-0.2, -0.15) is 5.26 Å². The van der Waals surface area contributed by atoms with Crippen molar-refractivity contribution in [1.29, 1.82) is 5.26 Å². The molecule has 0 fully saturated rings. The molecule has 0 aliphatic rings.